The highest BCUT2D eigenvalue weighted by molar-refractivity contribution is 7.99. The van der Waals surface area contributed by atoms with Gasteiger partial charge in [0, 0.05) is 38.4 Å². The first-order valence-electron chi connectivity index (χ1n) is 9.20. The molecule has 0 spiro atoms. The highest BCUT2D eigenvalue weighted by Crippen LogP contribution is 2.28. The molecule has 0 atom stereocenters. The molecule has 146 valence electrons. The number of methoxy groups -OCH3 is 1. The molecule has 0 aliphatic carbocycles. The molecule has 1 saturated heterocycles. The summed E-state index contributed by atoms with van der Waals surface area (Å²) < 4.78 is 7.09. The number of ether oxygens (including phenoxy) is 1. The first-order chi connectivity index (χ1) is 13.7. The third-order valence-corrected chi connectivity index (χ3v) is 5.68. The summed E-state index contributed by atoms with van der Waals surface area (Å²) in [6.45, 7) is 3.08. The molecule has 3 aromatic rings. The van der Waals surface area contributed by atoms with Crippen molar-refractivity contribution < 1.29 is 9.53 Å². The molecule has 1 aromatic carbocycles. The summed E-state index contributed by atoms with van der Waals surface area (Å²) >= 11 is 1.57. The monoisotopic (exact) mass is 398 g/mol. The van der Waals surface area contributed by atoms with Gasteiger partial charge < -0.3 is 14.5 Å². The maximum atomic E-state index is 12.5. The van der Waals surface area contributed by atoms with E-state index in [1.807, 2.05) is 35.2 Å². The van der Waals surface area contributed by atoms with E-state index in [2.05, 4.69) is 26.3 Å². The van der Waals surface area contributed by atoms with Crippen LogP contribution >= 0.6 is 11.8 Å². The number of fused-ring (bicyclic) bond motifs is 1. The molecule has 0 N–H and O–H groups in total. The molecule has 0 bridgehead atoms. The lowest BCUT2D eigenvalue weighted by Crippen LogP contribution is -2.49. The van der Waals surface area contributed by atoms with Gasteiger partial charge in [0.25, 0.3) is 0 Å². The van der Waals surface area contributed by atoms with E-state index in [1.165, 1.54) is 0 Å². The highest BCUT2D eigenvalue weighted by Gasteiger charge is 2.22. The normalized spacial score (nSPS) is 14.5. The Kier molecular flexibility index (Phi) is 5.61. The molecule has 0 radical (unpaired) electrons. The second kappa shape index (κ2) is 8.47. The molecule has 8 nitrogen and oxygen atoms in total. The summed E-state index contributed by atoms with van der Waals surface area (Å²) in [5.74, 6) is 1.76. The lowest BCUT2D eigenvalue weighted by molar-refractivity contribution is -0.131. The zero-order chi connectivity index (χ0) is 19.3. The quantitative estimate of drug-likeness (QED) is 0.588. The van der Waals surface area contributed by atoms with Crippen molar-refractivity contribution in [3.63, 3.8) is 0 Å². The van der Waals surface area contributed by atoms with Gasteiger partial charge in [-0.3, -0.25) is 4.79 Å². The van der Waals surface area contributed by atoms with Crippen molar-refractivity contribution in [1.82, 2.24) is 24.7 Å². The SMILES string of the molecule is COc1ccccc1N1CCN(C(=O)CCSc2ccc3nncn3n2)CC1. The van der Waals surface area contributed by atoms with E-state index in [0.717, 1.165) is 42.6 Å². The lowest BCUT2D eigenvalue weighted by atomic mass is 10.2. The van der Waals surface area contributed by atoms with Crippen molar-refractivity contribution >= 4 is 29.0 Å². The van der Waals surface area contributed by atoms with Crippen molar-refractivity contribution in [2.75, 3.05) is 43.9 Å². The standard InChI is InChI=1S/C19H22N6O2S/c1-27-16-5-3-2-4-15(16)23-9-11-24(12-10-23)19(26)8-13-28-18-7-6-17-21-20-14-25(17)22-18/h2-7,14H,8-13H2,1H3. The highest BCUT2D eigenvalue weighted by atomic mass is 32.2. The van der Waals surface area contributed by atoms with Crippen molar-refractivity contribution in [3.05, 3.63) is 42.7 Å². The van der Waals surface area contributed by atoms with Gasteiger partial charge in [0.05, 0.1) is 12.8 Å². The van der Waals surface area contributed by atoms with E-state index in [0.29, 0.717) is 17.8 Å². The molecule has 1 aliphatic rings. The number of benzene rings is 1. The number of hydrogen-bond acceptors (Lipinski definition) is 7. The molecule has 28 heavy (non-hydrogen) atoms. The number of rotatable bonds is 6. The number of carbonyl (C=O) groups is 1. The van der Waals surface area contributed by atoms with Crippen LogP contribution in [-0.2, 0) is 4.79 Å². The van der Waals surface area contributed by atoms with Gasteiger partial charge in [-0.15, -0.1) is 22.0 Å². The van der Waals surface area contributed by atoms with Gasteiger partial charge in [-0.1, -0.05) is 12.1 Å². The molecule has 2 aromatic heterocycles. The van der Waals surface area contributed by atoms with Gasteiger partial charge in [0.1, 0.15) is 17.1 Å². The number of thioether (sulfide) groups is 1. The van der Waals surface area contributed by atoms with Crippen LogP contribution in [0.25, 0.3) is 5.65 Å². The first kappa shape index (κ1) is 18.5. The average molecular weight is 398 g/mol. The van der Waals surface area contributed by atoms with Crippen molar-refractivity contribution in [3.8, 4) is 5.75 Å². The maximum Gasteiger partial charge on any atom is 0.223 e. The largest absolute Gasteiger partial charge is 0.495 e. The Balaban J connectivity index is 1.26. The van der Waals surface area contributed by atoms with E-state index >= 15 is 0 Å². The number of anilines is 1. The Morgan fingerprint density at radius 2 is 1.96 bits per heavy atom. The minimum Gasteiger partial charge on any atom is -0.495 e. The first-order valence-corrected chi connectivity index (χ1v) is 10.2. The molecular formula is C19H22N6O2S. The number of para-hydroxylation sites is 2. The molecule has 1 amide bonds. The van der Waals surface area contributed by atoms with Crippen LogP contribution in [0.15, 0.2) is 47.8 Å². The zero-order valence-electron chi connectivity index (χ0n) is 15.7. The number of amides is 1. The molecule has 0 unspecified atom stereocenters. The van der Waals surface area contributed by atoms with Crippen molar-refractivity contribution in [1.29, 1.82) is 0 Å². The predicted molar refractivity (Wildman–Crippen MR) is 108 cm³/mol. The van der Waals surface area contributed by atoms with E-state index in [1.54, 1.807) is 29.7 Å². The molecule has 4 rings (SSSR count). The Bertz CT molecular complexity index is 954. The summed E-state index contributed by atoms with van der Waals surface area (Å²) in [6, 6.07) is 11.8. The van der Waals surface area contributed by atoms with E-state index in [4.69, 9.17) is 4.74 Å². The summed E-state index contributed by atoms with van der Waals surface area (Å²) in [6.07, 6.45) is 2.08. The Hall–Kier alpha value is -2.81. The van der Waals surface area contributed by atoms with Crippen molar-refractivity contribution in [2.45, 2.75) is 11.4 Å². The molecule has 9 heteroatoms. The molecular weight excluding hydrogens is 376 g/mol. The second-order valence-corrected chi connectivity index (χ2v) is 7.56. The van der Waals surface area contributed by atoms with Crippen LogP contribution in [-0.4, -0.2) is 69.7 Å². The number of carbonyl (C=O) groups excluding carboxylic acids is 1. The average Bonchev–Trinajstić information content (AvgIpc) is 3.21. The van der Waals surface area contributed by atoms with Gasteiger partial charge in [0.2, 0.25) is 5.91 Å². The second-order valence-electron chi connectivity index (χ2n) is 6.44. The van der Waals surface area contributed by atoms with Crippen LogP contribution in [0.1, 0.15) is 6.42 Å². The van der Waals surface area contributed by atoms with Crippen LogP contribution < -0.4 is 9.64 Å². The summed E-state index contributed by atoms with van der Waals surface area (Å²) in [5, 5.41) is 13.0. The minimum absolute atomic E-state index is 0.192. The van der Waals surface area contributed by atoms with E-state index in [-0.39, 0.29) is 5.91 Å². The number of hydrogen-bond donors (Lipinski definition) is 0. The Morgan fingerprint density at radius 3 is 2.79 bits per heavy atom. The Morgan fingerprint density at radius 1 is 1.14 bits per heavy atom. The smallest absolute Gasteiger partial charge is 0.223 e. The fourth-order valence-electron chi connectivity index (χ4n) is 3.28. The van der Waals surface area contributed by atoms with E-state index in [9.17, 15) is 4.79 Å². The van der Waals surface area contributed by atoms with Crippen molar-refractivity contribution in [2.24, 2.45) is 0 Å². The molecule has 3 heterocycles. The third kappa shape index (κ3) is 4.04. The maximum absolute atomic E-state index is 12.5. The van der Waals surface area contributed by atoms with Gasteiger partial charge in [0.15, 0.2) is 5.65 Å². The van der Waals surface area contributed by atoms with Crippen LogP contribution in [0.5, 0.6) is 5.75 Å². The fraction of sp³-hybridized carbons (Fsp3) is 0.368. The van der Waals surface area contributed by atoms with Crippen LogP contribution in [0.4, 0.5) is 5.69 Å². The topological polar surface area (TPSA) is 75.9 Å². The van der Waals surface area contributed by atoms with Crippen LogP contribution in [0.3, 0.4) is 0 Å². The van der Waals surface area contributed by atoms with Crippen LogP contribution in [0, 0.1) is 0 Å². The molecule has 0 saturated carbocycles. The number of aromatic nitrogens is 4. The van der Waals surface area contributed by atoms with Gasteiger partial charge >= 0.3 is 0 Å². The summed E-state index contributed by atoms with van der Waals surface area (Å²) in [7, 11) is 1.69. The number of nitrogens with zero attached hydrogens (tertiary/aromatic N) is 6. The lowest BCUT2D eigenvalue weighted by Gasteiger charge is -2.36. The van der Waals surface area contributed by atoms with Gasteiger partial charge in [-0.05, 0) is 24.3 Å². The molecule has 1 fully saturated rings. The third-order valence-electron chi connectivity index (χ3n) is 4.76. The fourth-order valence-corrected chi connectivity index (χ4v) is 4.07. The van der Waals surface area contributed by atoms with Crippen LogP contribution in [0.2, 0.25) is 0 Å². The Labute approximate surface area is 167 Å². The van der Waals surface area contributed by atoms with E-state index < -0.39 is 0 Å². The summed E-state index contributed by atoms with van der Waals surface area (Å²) in [4.78, 5) is 16.8. The van der Waals surface area contributed by atoms with Gasteiger partial charge in [-0.2, -0.15) is 9.61 Å². The zero-order valence-corrected chi connectivity index (χ0v) is 16.5. The minimum atomic E-state index is 0.192. The predicted octanol–water partition coefficient (Wildman–Crippen LogP) is 1.96. The number of piperazine rings is 1. The molecule has 1 aliphatic heterocycles. The summed E-state index contributed by atoms with van der Waals surface area (Å²) in [5.41, 5.74) is 1.80. The van der Waals surface area contributed by atoms with Gasteiger partial charge in [-0.25, -0.2) is 0 Å².